The van der Waals surface area contributed by atoms with Gasteiger partial charge < -0.3 is 29.0 Å². The highest BCUT2D eigenvalue weighted by molar-refractivity contribution is 5.45. The molecular weight excluding hydrogens is 654 g/mol. The van der Waals surface area contributed by atoms with Gasteiger partial charge in [0.15, 0.2) is 0 Å². The van der Waals surface area contributed by atoms with E-state index in [4.69, 9.17) is 18.9 Å². The van der Waals surface area contributed by atoms with Gasteiger partial charge in [0, 0.05) is 33.5 Å². The smallest absolute Gasteiger partial charge is 0.293 e. The molecule has 52 heavy (non-hydrogen) atoms. The monoisotopic (exact) mass is 746 g/mol. The Labute approximate surface area is 324 Å². The summed E-state index contributed by atoms with van der Waals surface area (Å²) < 4.78 is 27.4. The molecule has 0 aromatic carbocycles. The highest BCUT2D eigenvalue weighted by atomic mass is 16.6. The van der Waals surface area contributed by atoms with E-state index >= 15 is 0 Å². The number of hydrogen-bond acceptors (Lipinski definition) is 7. The van der Waals surface area contributed by atoms with Crippen LogP contribution in [0.4, 0.5) is 0 Å². The summed E-state index contributed by atoms with van der Waals surface area (Å²) in [5.74, 6) is 0.500. The van der Waals surface area contributed by atoms with Crippen LogP contribution in [0.15, 0.2) is 0 Å². The molecule has 0 heterocycles. The van der Waals surface area contributed by atoms with Gasteiger partial charge in [0.2, 0.25) is 6.41 Å². The third kappa shape index (κ3) is 53.1. The summed E-state index contributed by atoms with van der Waals surface area (Å²) >= 11 is 0. The Morgan fingerprint density at radius 2 is 1.00 bits per heavy atom. The molecule has 0 aliphatic rings. The fourth-order valence-corrected chi connectivity index (χ4v) is 5.54. The lowest BCUT2D eigenvalue weighted by Gasteiger charge is -2.24. The average molecular weight is 746 g/mol. The number of amides is 1. The first-order chi connectivity index (χ1) is 25.2. The molecule has 0 aromatic rings. The van der Waals surface area contributed by atoms with E-state index in [0.29, 0.717) is 45.2 Å². The lowest BCUT2D eigenvalue weighted by atomic mass is 10.1. The zero-order valence-corrected chi connectivity index (χ0v) is 36.1. The molecule has 0 saturated carbocycles. The fourth-order valence-electron chi connectivity index (χ4n) is 5.54. The van der Waals surface area contributed by atoms with Gasteiger partial charge in [0.25, 0.3) is 6.47 Å². The van der Waals surface area contributed by atoms with Crippen molar-refractivity contribution in [3.8, 4) is 0 Å². The third-order valence-electron chi connectivity index (χ3n) is 8.74. The van der Waals surface area contributed by atoms with E-state index < -0.39 is 0 Å². The molecule has 0 fully saturated rings. The van der Waals surface area contributed by atoms with Crippen LogP contribution in [0.5, 0.6) is 0 Å². The second kappa shape index (κ2) is 47.8. The largest absolute Gasteiger partial charge is 0.465 e. The lowest BCUT2D eigenvalue weighted by Crippen LogP contribution is -2.32. The molecule has 314 valence electrons. The summed E-state index contributed by atoms with van der Waals surface area (Å²) in [6.07, 6.45) is 33.9. The molecule has 0 bridgehead atoms. The number of methoxy groups -OCH3 is 1. The molecule has 0 aliphatic heterocycles. The Morgan fingerprint density at radius 3 is 1.35 bits per heavy atom. The van der Waals surface area contributed by atoms with Crippen molar-refractivity contribution in [1.82, 2.24) is 5.32 Å². The number of carbonyl (C=O) groups is 2. The van der Waals surface area contributed by atoms with Crippen molar-refractivity contribution in [2.45, 2.75) is 214 Å². The maximum Gasteiger partial charge on any atom is 0.293 e. The van der Waals surface area contributed by atoms with Crippen molar-refractivity contribution in [1.29, 1.82) is 0 Å². The second-order valence-corrected chi connectivity index (χ2v) is 15.3. The van der Waals surface area contributed by atoms with Crippen LogP contribution in [0, 0.1) is 5.92 Å². The molecular formula is C44H91NO7. The normalized spacial score (nSPS) is 11.7. The van der Waals surface area contributed by atoms with Crippen molar-refractivity contribution in [2.24, 2.45) is 5.92 Å². The molecule has 0 saturated heterocycles. The summed E-state index contributed by atoms with van der Waals surface area (Å²) in [6.45, 7) is 19.6. The van der Waals surface area contributed by atoms with Crippen molar-refractivity contribution >= 4 is 12.9 Å². The highest BCUT2D eigenvalue weighted by Gasteiger charge is 2.19. The molecule has 0 rings (SSSR count). The van der Waals surface area contributed by atoms with Gasteiger partial charge in [0.05, 0.1) is 18.8 Å². The van der Waals surface area contributed by atoms with E-state index in [1.54, 1.807) is 7.11 Å². The maximum absolute atomic E-state index is 9.91. The zero-order valence-electron chi connectivity index (χ0n) is 36.1. The van der Waals surface area contributed by atoms with Crippen molar-refractivity contribution in [3.63, 3.8) is 0 Å². The predicted octanol–water partition coefficient (Wildman–Crippen LogP) is 11.8. The van der Waals surface area contributed by atoms with Crippen LogP contribution in [0.3, 0.4) is 0 Å². The second-order valence-electron chi connectivity index (χ2n) is 15.3. The van der Waals surface area contributed by atoms with Crippen molar-refractivity contribution in [2.75, 3.05) is 53.3 Å². The lowest BCUT2D eigenvalue weighted by molar-refractivity contribution is -0.139. The first-order valence-corrected chi connectivity index (χ1v) is 21.8. The molecule has 8 heteroatoms. The van der Waals surface area contributed by atoms with Crippen LogP contribution in [0.25, 0.3) is 0 Å². The van der Waals surface area contributed by atoms with Crippen LogP contribution in [-0.4, -0.2) is 77.9 Å². The van der Waals surface area contributed by atoms with E-state index in [0.717, 1.165) is 26.2 Å². The van der Waals surface area contributed by atoms with Crippen LogP contribution in [0.1, 0.15) is 203 Å². The van der Waals surface area contributed by atoms with Gasteiger partial charge in [-0.1, -0.05) is 169 Å². The van der Waals surface area contributed by atoms with E-state index in [1.807, 2.05) is 20.8 Å². The molecule has 8 nitrogen and oxygen atoms in total. The van der Waals surface area contributed by atoms with Crippen LogP contribution < -0.4 is 5.32 Å². The minimum absolute atomic E-state index is 0.0880. The standard InChI is InChI=1S/C32H66O3.C9H18O3.C3H7NO/c1-4-6-8-10-12-14-16-18-20-22-24-26-28-34-31-32(30-33-3)35-29-27-25-23-21-19-17-15-13-11-9-7-5-2;1-8(2)5-12-9(3,4)6-11-7-10;1-2-4-3-5/h32H,4-31H2,1-3H3;7-8H,5-6H2,1-4H3;3H,2H2,1H3,(H,4,5). The summed E-state index contributed by atoms with van der Waals surface area (Å²) in [4.78, 5) is 19.2. The first-order valence-electron chi connectivity index (χ1n) is 21.8. The minimum Gasteiger partial charge on any atom is -0.465 e. The Balaban J connectivity index is -0.00000116. The Bertz CT molecular complexity index is 663. The van der Waals surface area contributed by atoms with Gasteiger partial charge >= 0.3 is 0 Å². The van der Waals surface area contributed by atoms with Gasteiger partial charge in [-0.15, -0.1) is 0 Å². The molecule has 0 aromatic heterocycles. The Kier molecular flexibility index (Phi) is 50.7. The average Bonchev–Trinajstić information content (AvgIpc) is 3.13. The zero-order chi connectivity index (χ0) is 39.2. The van der Waals surface area contributed by atoms with Gasteiger partial charge in [0.1, 0.15) is 12.7 Å². The van der Waals surface area contributed by atoms with Crippen LogP contribution >= 0.6 is 0 Å². The van der Waals surface area contributed by atoms with E-state index in [-0.39, 0.29) is 11.7 Å². The molecule has 0 aliphatic carbocycles. The van der Waals surface area contributed by atoms with Gasteiger partial charge in [-0.3, -0.25) is 9.59 Å². The van der Waals surface area contributed by atoms with E-state index in [1.165, 1.54) is 148 Å². The van der Waals surface area contributed by atoms with Gasteiger partial charge in [-0.2, -0.15) is 0 Å². The summed E-state index contributed by atoms with van der Waals surface area (Å²) in [5.41, 5.74) is -0.370. The predicted molar refractivity (Wildman–Crippen MR) is 221 cm³/mol. The molecule has 0 radical (unpaired) electrons. The van der Waals surface area contributed by atoms with E-state index in [2.05, 4.69) is 37.7 Å². The number of unbranched alkanes of at least 4 members (excludes halogenated alkanes) is 22. The molecule has 1 N–H and O–H groups in total. The molecule has 1 unspecified atom stereocenters. The molecule has 0 spiro atoms. The first kappa shape index (κ1) is 55.1. The topological polar surface area (TPSA) is 92.3 Å². The number of rotatable bonds is 39. The summed E-state index contributed by atoms with van der Waals surface area (Å²) in [5, 5.41) is 2.43. The Morgan fingerprint density at radius 1 is 0.577 bits per heavy atom. The number of hydrogen-bond donors (Lipinski definition) is 1. The van der Waals surface area contributed by atoms with Gasteiger partial charge in [-0.25, -0.2) is 0 Å². The van der Waals surface area contributed by atoms with Gasteiger partial charge in [-0.05, 0) is 39.5 Å². The van der Waals surface area contributed by atoms with Crippen molar-refractivity contribution < 1.29 is 33.3 Å². The Hall–Kier alpha value is -1.22. The summed E-state index contributed by atoms with van der Waals surface area (Å²) in [7, 11) is 1.76. The van der Waals surface area contributed by atoms with Crippen LogP contribution in [-0.2, 0) is 33.3 Å². The number of carbonyl (C=O) groups excluding carboxylic acids is 2. The maximum atomic E-state index is 9.91. The number of ether oxygens (including phenoxy) is 5. The fraction of sp³-hybridized carbons (Fsp3) is 0.955. The molecule has 1 amide bonds. The van der Waals surface area contributed by atoms with E-state index in [9.17, 15) is 9.59 Å². The van der Waals surface area contributed by atoms with Crippen LogP contribution in [0.2, 0.25) is 0 Å². The molecule has 1 atom stereocenters. The SMILES string of the molecule is CC(C)COC(C)(C)COC=O.CCCCCCCCCCCCCCOCC(COC)OCCCCCCCCCCCCCC.CCNC=O. The highest BCUT2D eigenvalue weighted by Crippen LogP contribution is 2.14. The quantitative estimate of drug-likeness (QED) is 0.0494. The number of nitrogens with one attached hydrogen (secondary N) is 1. The summed E-state index contributed by atoms with van der Waals surface area (Å²) in [6, 6.07) is 0. The van der Waals surface area contributed by atoms with Crippen molar-refractivity contribution in [3.05, 3.63) is 0 Å². The minimum atomic E-state index is -0.370. The third-order valence-corrected chi connectivity index (χ3v) is 8.74.